The molecule has 4 heterocycles. The Labute approximate surface area is 471 Å². The van der Waals surface area contributed by atoms with E-state index in [4.69, 9.17) is 14.2 Å². The minimum absolute atomic E-state index is 0.0144. The molecule has 3 saturated heterocycles. The third-order valence-electron chi connectivity index (χ3n) is 21.0. The number of hydrogen-bond donors (Lipinski definition) is 8. The van der Waals surface area contributed by atoms with Crippen LogP contribution in [0.1, 0.15) is 179 Å². The molecule has 0 unspecified atom stereocenters. The summed E-state index contributed by atoms with van der Waals surface area (Å²) in [5.41, 5.74) is -0.170. The number of phenolic OH excluding ortho intramolecular Hbond substituents is 1. The Kier molecular flexibility index (Phi) is 18.5. The van der Waals surface area contributed by atoms with Crippen LogP contribution in [-0.2, 0) is 23.9 Å². The van der Waals surface area contributed by atoms with E-state index >= 15 is 4.79 Å². The maximum Gasteiger partial charge on any atom is 0.332 e. The quantitative estimate of drug-likeness (QED) is 0.0480. The fourth-order valence-electron chi connectivity index (χ4n) is 17.3. The first-order chi connectivity index (χ1) is 37.6. The van der Waals surface area contributed by atoms with Crippen molar-refractivity contribution in [2.75, 3.05) is 51.0 Å². The lowest BCUT2D eigenvalue weighted by Gasteiger charge is -2.56. The van der Waals surface area contributed by atoms with Gasteiger partial charge in [-0.3, -0.25) is 9.59 Å². The first-order valence-corrected chi connectivity index (χ1v) is 32.7. The number of fused-ring (bicyclic) bond motifs is 5. The molecule has 9 aliphatic rings. The Balaban J connectivity index is 1.09. The minimum Gasteiger partial charge on any atom is -0.504 e. The summed E-state index contributed by atoms with van der Waals surface area (Å²) in [7, 11) is 3.27. The summed E-state index contributed by atoms with van der Waals surface area (Å²) < 4.78 is 20.8. The number of amides is 1. The molecule has 78 heavy (non-hydrogen) atoms. The summed E-state index contributed by atoms with van der Waals surface area (Å²) in [6.45, 7) is 8.12. The highest BCUT2D eigenvalue weighted by Gasteiger charge is 2.60. The Morgan fingerprint density at radius 2 is 1.77 bits per heavy atom. The van der Waals surface area contributed by atoms with Crippen molar-refractivity contribution in [2.24, 2.45) is 52.3 Å². The van der Waals surface area contributed by atoms with Crippen molar-refractivity contribution in [1.82, 2.24) is 16.0 Å². The van der Waals surface area contributed by atoms with Gasteiger partial charge in [0.15, 0.2) is 11.5 Å². The number of benzene rings is 1. The molecular weight excluding hydrogens is 1030 g/mol. The van der Waals surface area contributed by atoms with E-state index in [-0.39, 0.29) is 84.2 Å². The van der Waals surface area contributed by atoms with Gasteiger partial charge < -0.3 is 55.7 Å². The number of aliphatic hydroxyl groups is 4. The van der Waals surface area contributed by atoms with Gasteiger partial charge in [0, 0.05) is 104 Å². The van der Waals surface area contributed by atoms with Crippen molar-refractivity contribution in [3.63, 3.8) is 0 Å². The highest BCUT2D eigenvalue weighted by atomic mass is 33.1. The van der Waals surface area contributed by atoms with Gasteiger partial charge in [-0.25, -0.2) is 4.79 Å². The van der Waals surface area contributed by atoms with E-state index in [0.717, 1.165) is 68.9 Å². The molecule has 0 bridgehead atoms. The second kappa shape index (κ2) is 24.8. The van der Waals surface area contributed by atoms with Crippen LogP contribution < -0.4 is 20.7 Å². The summed E-state index contributed by atoms with van der Waals surface area (Å²) in [5, 5.41) is 68.4. The third kappa shape index (κ3) is 12.1. The molecule has 0 aromatic heterocycles. The summed E-state index contributed by atoms with van der Waals surface area (Å²) >= 11 is 0. The van der Waals surface area contributed by atoms with Crippen LogP contribution in [0.25, 0.3) is 0 Å². The number of esters is 2. The lowest BCUT2D eigenvalue weighted by atomic mass is 9.51. The summed E-state index contributed by atoms with van der Waals surface area (Å²) in [5.74, 6) is 7.67. The van der Waals surface area contributed by atoms with Crippen LogP contribution in [0, 0.1) is 64.1 Å². The topological polar surface area (TPSA) is 216 Å². The van der Waals surface area contributed by atoms with Gasteiger partial charge in [0.05, 0.1) is 18.3 Å². The molecule has 5 fully saturated rings. The number of nitrogens with one attached hydrogen (secondary N) is 3. The molecule has 1 aromatic rings. The number of piperidine rings is 2. The number of rotatable bonds is 10. The molecule has 1 spiro atoms. The van der Waals surface area contributed by atoms with Crippen molar-refractivity contribution in [2.45, 2.75) is 203 Å². The molecule has 432 valence electrons. The predicted octanol–water partition coefficient (Wildman–Crippen LogP) is 8.21. The monoisotopic (exact) mass is 1120 g/mol. The van der Waals surface area contributed by atoms with E-state index in [9.17, 15) is 35.1 Å². The maximum absolute atomic E-state index is 15.8. The largest absolute Gasteiger partial charge is 0.504 e. The average molecular weight is 1120 g/mol. The predicted molar refractivity (Wildman–Crippen MR) is 304 cm³/mol. The zero-order valence-corrected chi connectivity index (χ0v) is 48.4. The molecule has 1 aromatic carbocycles. The SMILES string of the molecule is CC(=O)O[C@H]1C[C@@H](OC(=O)[C@]23CCCC[C@H]2CCC(=O)N3)C2(CCNCC2)[C@@H]2c3ccc(O)c4c3[C@H](C[C@@H]2C#CC[C@@H]2C[C@](C)(O)CSSC[C@@H](NC[C@H]3C=C(CCO)C[C@H](C)C3)[C@H](O)CC[C@@H]21)[C@H](C1(CO)CCCC1)CO4. The van der Waals surface area contributed by atoms with Crippen molar-refractivity contribution in [1.29, 1.82) is 0 Å². The lowest BCUT2D eigenvalue weighted by Crippen LogP contribution is -2.65. The molecule has 0 radical (unpaired) electrons. The van der Waals surface area contributed by atoms with Crippen molar-refractivity contribution in [3.05, 3.63) is 34.9 Å². The van der Waals surface area contributed by atoms with Gasteiger partial charge >= 0.3 is 11.9 Å². The van der Waals surface area contributed by atoms with Gasteiger partial charge in [-0.05, 0) is 151 Å². The summed E-state index contributed by atoms with van der Waals surface area (Å²) in [4.78, 5) is 43.2. The zero-order valence-electron chi connectivity index (χ0n) is 46.7. The summed E-state index contributed by atoms with van der Waals surface area (Å²) in [6.07, 6.45) is 14.1. The van der Waals surface area contributed by atoms with E-state index in [1.54, 1.807) is 27.7 Å². The number of hydrogen-bond acceptors (Lipinski definition) is 15. The fraction of sp³-hybridized carbons (Fsp3) is 0.790. The third-order valence-corrected chi connectivity index (χ3v) is 23.7. The molecule has 4 aliphatic heterocycles. The fourth-order valence-corrected chi connectivity index (χ4v) is 20.1. The van der Waals surface area contributed by atoms with Gasteiger partial charge in [0.2, 0.25) is 5.91 Å². The van der Waals surface area contributed by atoms with Crippen LogP contribution in [0.15, 0.2) is 23.8 Å². The number of aromatic hydroxyl groups is 1. The number of carbonyl (C=O) groups is 3. The number of aliphatic hydroxyl groups excluding tert-OH is 3. The number of ether oxygens (including phenoxy) is 3. The minimum atomic E-state index is -1.19. The molecule has 14 nitrogen and oxygen atoms in total. The van der Waals surface area contributed by atoms with Gasteiger partial charge in [-0.1, -0.05) is 77.8 Å². The number of carbonyl (C=O) groups excluding carboxylic acids is 3. The first-order valence-electron chi connectivity index (χ1n) is 30.2. The van der Waals surface area contributed by atoms with Crippen molar-refractivity contribution < 1.29 is 54.1 Å². The van der Waals surface area contributed by atoms with Gasteiger partial charge in [-0.2, -0.15) is 0 Å². The molecule has 8 N–H and O–H groups in total. The van der Waals surface area contributed by atoms with E-state index in [1.807, 2.05) is 6.92 Å². The van der Waals surface area contributed by atoms with E-state index in [2.05, 4.69) is 46.9 Å². The Morgan fingerprint density at radius 3 is 2.54 bits per heavy atom. The van der Waals surface area contributed by atoms with Crippen molar-refractivity contribution in [3.8, 4) is 23.3 Å². The summed E-state index contributed by atoms with van der Waals surface area (Å²) in [6, 6.07) is 3.53. The molecule has 2 saturated carbocycles. The molecule has 15 atom stereocenters. The van der Waals surface area contributed by atoms with Crippen molar-refractivity contribution >= 4 is 39.4 Å². The van der Waals surface area contributed by atoms with Crippen LogP contribution in [-0.4, -0.2) is 130 Å². The second-order valence-electron chi connectivity index (χ2n) is 26.2. The van der Waals surface area contributed by atoms with Crippen LogP contribution >= 0.6 is 21.6 Å². The van der Waals surface area contributed by atoms with Gasteiger partial charge in [0.1, 0.15) is 17.7 Å². The smallest absolute Gasteiger partial charge is 0.332 e. The molecular formula is C62H91N3O11S2. The van der Waals surface area contributed by atoms with E-state index in [0.29, 0.717) is 120 Å². The van der Waals surface area contributed by atoms with Crippen LogP contribution in [0.2, 0.25) is 0 Å². The van der Waals surface area contributed by atoms with E-state index in [1.165, 1.54) is 12.5 Å². The van der Waals surface area contributed by atoms with E-state index < -0.39 is 52.7 Å². The van der Waals surface area contributed by atoms with Gasteiger partial charge in [0.25, 0.3) is 0 Å². The van der Waals surface area contributed by atoms with Crippen LogP contribution in [0.5, 0.6) is 11.5 Å². The average Bonchev–Trinajstić information content (AvgIpc) is 3.98. The number of phenols is 1. The Hall–Kier alpha value is -3.01. The maximum atomic E-state index is 15.8. The zero-order chi connectivity index (χ0) is 54.8. The first kappa shape index (κ1) is 58.2. The Morgan fingerprint density at radius 1 is 0.974 bits per heavy atom. The molecule has 5 aliphatic carbocycles. The highest BCUT2D eigenvalue weighted by Crippen LogP contribution is 2.65. The van der Waals surface area contributed by atoms with Crippen LogP contribution in [0.3, 0.4) is 0 Å². The highest BCUT2D eigenvalue weighted by molar-refractivity contribution is 8.76. The Bertz CT molecular complexity index is 2400. The van der Waals surface area contributed by atoms with Crippen LogP contribution in [0.4, 0.5) is 0 Å². The molecule has 10 rings (SSSR count). The molecule has 16 heteroatoms. The molecule has 1 amide bonds. The second-order valence-corrected chi connectivity index (χ2v) is 28.7. The standard InChI is InChI=1S/C62H91N3O11S2/c1-38-27-40(18-26-66)29-41(28-38)33-64-49-35-77-78-37-59(3,73)32-43-10-8-9-42-30-47-48(60(36-67)19-6-7-20-60)34-74-57-51(70)16-14-46(55(47)57)56(42)61(22-24-63-25-23-61)53(31-52(75-39(2)68)45(43)13-15-50(49)69)76-58(72)62-21-5-4-11-44(62)12-17-54(71)65-62/h14,16,29,38,41-45,47-50,52-53,56,63-64,66-67,69-70,73H,4-7,10-13,15,17-28,30-37H2,1-3H3,(H,65,71)/t38-,41+,42-,43+,44-,45-,47+,48+,49+,50+,52-,53+,56-,59-,62-/m0/s1. The lowest BCUT2D eigenvalue weighted by molar-refractivity contribution is -0.183. The normalized spacial score (nSPS) is 38.7. The van der Waals surface area contributed by atoms with Gasteiger partial charge in [-0.15, -0.1) is 5.92 Å².